The number of rotatable bonds is 4. The molecule has 5 heteroatoms. The molecule has 0 unspecified atom stereocenters. The normalized spacial score (nSPS) is 20.7. The van der Waals surface area contributed by atoms with Gasteiger partial charge in [0.25, 0.3) is 0 Å². The maximum Gasteiger partial charge on any atom is 0.234 e. The van der Waals surface area contributed by atoms with E-state index in [-0.39, 0.29) is 5.91 Å². The van der Waals surface area contributed by atoms with Crippen LogP contribution < -0.4 is 10.2 Å². The largest absolute Gasteiger partial charge is 0.506 e. The lowest BCUT2D eigenvalue weighted by atomic mass is 9.97. The number of phenolic OH excluding ortho intramolecular Hbond substituents is 1. The van der Waals surface area contributed by atoms with Gasteiger partial charge in [-0.05, 0) is 25.0 Å². The number of amides is 1. The van der Waals surface area contributed by atoms with Gasteiger partial charge in [-0.15, -0.1) is 0 Å². The molecule has 1 aliphatic carbocycles. The average molecular weight is 345 g/mol. The van der Waals surface area contributed by atoms with Gasteiger partial charge >= 0.3 is 0 Å². The number of benzene rings is 1. The molecule has 138 valence electrons. The summed E-state index contributed by atoms with van der Waals surface area (Å²) in [6, 6.07) is 7.84. The van der Waals surface area contributed by atoms with Crippen molar-refractivity contribution in [3.8, 4) is 5.75 Å². The highest BCUT2D eigenvalue weighted by atomic mass is 16.3. The lowest BCUT2D eigenvalue weighted by molar-refractivity contribution is -0.123. The molecule has 1 aliphatic heterocycles. The number of carbonyl (C=O) groups is 1. The van der Waals surface area contributed by atoms with Crippen LogP contribution in [0.5, 0.6) is 5.75 Å². The Hall–Kier alpha value is -1.75. The molecule has 0 radical (unpaired) electrons. The molecule has 0 atom stereocenters. The van der Waals surface area contributed by atoms with Crippen LogP contribution in [0.1, 0.15) is 44.9 Å². The first kappa shape index (κ1) is 18.1. The van der Waals surface area contributed by atoms with Gasteiger partial charge in [-0.1, -0.05) is 44.2 Å². The van der Waals surface area contributed by atoms with Crippen LogP contribution in [-0.2, 0) is 4.79 Å². The van der Waals surface area contributed by atoms with Gasteiger partial charge in [-0.3, -0.25) is 9.69 Å². The number of para-hydroxylation sites is 2. The van der Waals surface area contributed by atoms with Crippen LogP contribution in [0.3, 0.4) is 0 Å². The molecule has 1 saturated carbocycles. The van der Waals surface area contributed by atoms with Crippen molar-refractivity contribution in [1.82, 2.24) is 10.2 Å². The minimum atomic E-state index is 0.168. The van der Waals surface area contributed by atoms with Crippen molar-refractivity contribution in [3.05, 3.63) is 24.3 Å². The summed E-state index contributed by atoms with van der Waals surface area (Å²) in [7, 11) is 0. The van der Waals surface area contributed by atoms with Crippen LogP contribution in [0.4, 0.5) is 5.69 Å². The van der Waals surface area contributed by atoms with E-state index in [0.29, 0.717) is 18.3 Å². The SMILES string of the molecule is O=C(CN1CCN(c2ccccc2O)CC1)NC1CCCCCCC1. The van der Waals surface area contributed by atoms with Crippen molar-refractivity contribution in [3.63, 3.8) is 0 Å². The highest BCUT2D eigenvalue weighted by molar-refractivity contribution is 5.78. The molecule has 1 aromatic rings. The molecule has 2 fully saturated rings. The van der Waals surface area contributed by atoms with E-state index in [9.17, 15) is 9.90 Å². The molecule has 0 bridgehead atoms. The van der Waals surface area contributed by atoms with Gasteiger partial charge in [-0.25, -0.2) is 0 Å². The fourth-order valence-electron chi connectivity index (χ4n) is 3.96. The molecular formula is C20H31N3O2. The van der Waals surface area contributed by atoms with Gasteiger partial charge in [0.1, 0.15) is 5.75 Å². The quantitative estimate of drug-likeness (QED) is 0.881. The lowest BCUT2D eigenvalue weighted by Crippen LogP contribution is -2.50. The Morgan fingerprint density at radius 1 is 1.00 bits per heavy atom. The van der Waals surface area contributed by atoms with Crippen molar-refractivity contribution in [2.24, 2.45) is 0 Å². The second-order valence-electron chi connectivity index (χ2n) is 7.36. The van der Waals surface area contributed by atoms with Gasteiger partial charge in [0.2, 0.25) is 5.91 Å². The second-order valence-corrected chi connectivity index (χ2v) is 7.36. The number of piperazine rings is 1. The van der Waals surface area contributed by atoms with Crippen molar-refractivity contribution >= 4 is 11.6 Å². The number of hydrogen-bond acceptors (Lipinski definition) is 4. The molecular weight excluding hydrogens is 314 g/mol. The van der Waals surface area contributed by atoms with Crippen molar-refractivity contribution in [2.75, 3.05) is 37.6 Å². The Morgan fingerprint density at radius 2 is 1.64 bits per heavy atom. The summed E-state index contributed by atoms with van der Waals surface area (Å²) in [6.07, 6.45) is 8.71. The van der Waals surface area contributed by atoms with Gasteiger partial charge in [0.05, 0.1) is 12.2 Å². The molecule has 1 aromatic carbocycles. The number of aromatic hydroxyl groups is 1. The minimum absolute atomic E-state index is 0.168. The maximum atomic E-state index is 12.4. The zero-order valence-corrected chi connectivity index (χ0v) is 15.1. The monoisotopic (exact) mass is 345 g/mol. The van der Waals surface area contributed by atoms with Crippen LogP contribution in [0, 0.1) is 0 Å². The summed E-state index contributed by atoms with van der Waals surface area (Å²) in [5.41, 5.74) is 0.890. The van der Waals surface area contributed by atoms with E-state index >= 15 is 0 Å². The Balaban J connectivity index is 1.42. The van der Waals surface area contributed by atoms with E-state index in [1.807, 2.05) is 18.2 Å². The minimum Gasteiger partial charge on any atom is -0.506 e. The van der Waals surface area contributed by atoms with Crippen LogP contribution >= 0.6 is 0 Å². The Morgan fingerprint density at radius 3 is 2.32 bits per heavy atom. The Labute approximate surface area is 151 Å². The van der Waals surface area contributed by atoms with E-state index in [1.54, 1.807) is 6.07 Å². The smallest absolute Gasteiger partial charge is 0.234 e. The molecule has 0 spiro atoms. The second kappa shape index (κ2) is 9.09. The highest BCUT2D eigenvalue weighted by Gasteiger charge is 2.22. The van der Waals surface area contributed by atoms with E-state index in [4.69, 9.17) is 0 Å². The maximum absolute atomic E-state index is 12.4. The van der Waals surface area contributed by atoms with Gasteiger partial charge < -0.3 is 15.3 Å². The number of carbonyl (C=O) groups excluding carboxylic acids is 1. The predicted octanol–water partition coefficient (Wildman–Crippen LogP) is 2.74. The first-order chi connectivity index (χ1) is 12.2. The molecule has 5 nitrogen and oxygen atoms in total. The third-order valence-corrected chi connectivity index (χ3v) is 5.43. The predicted molar refractivity (Wildman–Crippen MR) is 101 cm³/mol. The molecule has 2 N–H and O–H groups in total. The molecule has 0 aromatic heterocycles. The average Bonchev–Trinajstić information content (AvgIpc) is 2.58. The molecule has 1 heterocycles. The summed E-state index contributed by atoms with van der Waals surface area (Å²) in [6.45, 7) is 3.88. The van der Waals surface area contributed by atoms with E-state index in [1.165, 1.54) is 32.1 Å². The topological polar surface area (TPSA) is 55.8 Å². The van der Waals surface area contributed by atoms with Crippen LogP contribution in [0.2, 0.25) is 0 Å². The van der Waals surface area contributed by atoms with Crippen LogP contribution in [0.15, 0.2) is 24.3 Å². The summed E-state index contributed by atoms with van der Waals surface area (Å²) in [4.78, 5) is 16.8. The fourth-order valence-corrected chi connectivity index (χ4v) is 3.96. The number of anilines is 1. The molecule has 2 aliphatic rings. The van der Waals surface area contributed by atoms with E-state index in [0.717, 1.165) is 44.7 Å². The van der Waals surface area contributed by atoms with Gasteiger partial charge in [0.15, 0.2) is 0 Å². The zero-order valence-electron chi connectivity index (χ0n) is 15.1. The van der Waals surface area contributed by atoms with Crippen LogP contribution in [0.25, 0.3) is 0 Å². The lowest BCUT2D eigenvalue weighted by Gasteiger charge is -2.36. The third kappa shape index (κ3) is 5.36. The summed E-state index contributed by atoms with van der Waals surface area (Å²) < 4.78 is 0. The van der Waals surface area contributed by atoms with Gasteiger partial charge in [-0.2, -0.15) is 0 Å². The fraction of sp³-hybridized carbons (Fsp3) is 0.650. The van der Waals surface area contributed by atoms with Crippen molar-refractivity contribution < 1.29 is 9.90 Å². The first-order valence-corrected chi connectivity index (χ1v) is 9.77. The molecule has 1 amide bonds. The number of hydrogen-bond donors (Lipinski definition) is 2. The molecule has 1 saturated heterocycles. The summed E-state index contributed by atoms with van der Waals surface area (Å²) in [5.74, 6) is 0.500. The van der Waals surface area contributed by atoms with Crippen LogP contribution in [-0.4, -0.2) is 54.7 Å². The van der Waals surface area contributed by atoms with E-state index < -0.39 is 0 Å². The first-order valence-electron chi connectivity index (χ1n) is 9.77. The summed E-state index contributed by atoms with van der Waals surface area (Å²) in [5, 5.41) is 13.2. The highest BCUT2D eigenvalue weighted by Crippen LogP contribution is 2.27. The Bertz CT molecular complexity index is 548. The van der Waals surface area contributed by atoms with Crippen molar-refractivity contribution in [2.45, 2.75) is 51.0 Å². The number of nitrogens with zero attached hydrogens (tertiary/aromatic N) is 2. The van der Waals surface area contributed by atoms with Crippen molar-refractivity contribution in [1.29, 1.82) is 0 Å². The zero-order chi connectivity index (χ0) is 17.5. The Kier molecular flexibility index (Phi) is 6.56. The number of nitrogens with one attached hydrogen (secondary N) is 1. The summed E-state index contributed by atoms with van der Waals surface area (Å²) >= 11 is 0. The number of phenols is 1. The molecule has 3 rings (SSSR count). The van der Waals surface area contributed by atoms with E-state index in [2.05, 4.69) is 15.1 Å². The third-order valence-electron chi connectivity index (χ3n) is 5.43. The standard InChI is InChI=1S/C20H31N3O2/c24-19-11-7-6-10-18(19)23-14-12-22(13-15-23)16-20(25)21-17-8-4-2-1-3-5-9-17/h6-7,10-11,17,24H,1-5,8-9,12-16H2,(H,21,25). The molecule has 25 heavy (non-hydrogen) atoms. The van der Waals surface area contributed by atoms with Gasteiger partial charge in [0, 0.05) is 32.2 Å².